The van der Waals surface area contributed by atoms with Crippen LogP contribution in [0.1, 0.15) is 52.9 Å². The number of ether oxygens (including phenoxy) is 4. The van der Waals surface area contributed by atoms with Crippen LogP contribution >= 0.6 is 0 Å². The highest BCUT2D eigenvalue weighted by molar-refractivity contribution is 6.02. The molecule has 54 heavy (non-hydrogen) atoms. The summed E-state index contributed by atoms with van der Waals surface area (Å²) < 4.78 is 101. The largest absolute Gasteiger partial charge is 0.468 e. The van der Waals surface area contributed by atoms with Crippen molar-refractivity contribution in [3.63, 3.8) is 0 Å². The normalized spacial score (nSPS) is 24.1. The molecule has 10 nitrogen and oxygen atoms in total. The van der Waals surface area contributed by atoms with Crippen molar-refractivity contribution in [2.75, 3.05) is 51.6 Å². The van der Waals surface area contributed by atoms with Crippen molar-refractivity contribution in [2.24, 2.45) is 0 Å². The number of hydrogen-bond acceptors (Lipinski definition) is 9. The lowest BCUT2D eigenvalue weighted by molar-refractivity contribution is 0.000787. The van der Waals surface area contributed by atoms with Crippen molar-refractivity contribution in [2.45, 2.75) is 82.3 Å². The van der Waals surface area contributed by atoms with Crippen LogP contribution in [0, 0.1) is 23.3 Å². The van der Waals surface area contributed by atoms with Crippen molar-refractivity contribution in [1.29, 1.82) is 0 Å². The Balaban J connectivity index is 1.26. The number of amides is 1. The minimum absolute atomic E-state index is 0.0329. The minimum Gasteiger partial charge on any atom is -0.468 e. The Morgan fingerprint density at radius 1 is 0.963 bits per heavy atom. The van der Waals surface area contributed by atoms with Gasteiger partial charge in [0.2, 0.25) is 0 Å². The molecule has 0 radical (unpaired) electrons. The van der Waals surface area contributed by atoms with Gasteiger partial charge in [-0.05, 0) is 82.7 Å². The number of anilines is 1. The summed E-state index contributed by atoms with van der Waals surface area (Å²) in [6.07, 6.45) is 1.79. The summed E-state index contributed by atoms with van der Waals surface area (Å²) in [5.74, 6) is -4.37. The summed E-state index contributed by atoms with van der Waals surface area (Å²) in [5.41, 5.74) is -2.50. The van der Waals surface area contributed by atoms with Crippen molar-refractivity contribution in [3.05, 3.63) is 53.6 Å². The predicted octanol–water partition coefficient (Wildman–Crippen LogP) is 7.53. The fraction of sp³-hybridized carbons (Fsp3) is 0.513. The van der Waals surface area contributed by atoms with Gasteiger partial charge >= 0.3 is 12.1 Å². The van der Waals surface area contributed by atoms with E-state index in [1.54, 1.807) is 25.7 Å². The summed E-state index contributed by atoms with van der Waals surface area (Å²) in [6, 6.07) is 5.23. The summed E-state index contributed by atoms with van der Waals surface area (Å²) in [4.78, 5) is 28.0. The summed E-state index contributed by atoms with van der Waals surface area (Å²) in [5, 5.41) is -0.169. The lowest BCUT2D eigenvalue weighted by Gasteiger charge is -2.51. The lowest BCUT2D eigenvalue weighted by Crippen LogP contribution is -2.64. The second-order valence-corrected chi connectivity index (χ2v) is 15.8. The van der Waals surface area contributed by atoms with Crippen LogP contribution in [0.15, 0.2) is 30.3 Å². The van der Waals surface area contributed by atoms with Crippen LogP contribution in [0.25, 0.3) is 32.8 Å². The highest BCUT2D eigenvalue weighted by Crippen LogP contribution is 2.44. The Labute approximate surface area is 309 Å². The highest BCUT2D eigenvalue weighted by Gasteiger charge is 2.50. The van der Waals surface area contributed by atoms with Gasteiger partial charge in [-0.1, -0.05) is 6.07 Å². The summed E-state index contributed by atoms with van der Waals surface area (Å²) in [7, 11) is 1.40. The van der Waals surface area contributed by atoms with Gasteiger partial charge in [0, 0.05) is 55.5 Å². The van der Waals surface area contributed by atoms with Gasteiger partial charge in [0.05, 0.1) is 17.1 Å². The second kappa shape index (κ2) is 13.7. The quantitative estimate of drug-likeness (QED) is 0.134. The van der Waals surface area contributed by atoms with Crippen LogP contribution in [-0.4, -0.2) is 102 Å². The van der Waals surface area contributed by atoms with Gasteiger partial charge < -0.3 is 28.7 Å². The van der Waals surface area contributed by atoms with E-state index in [1.807, 2.05) is 4.90 Å². The third kappa shape index (κ3) is 6.42. The Kier molecular flexibility index (Phi) is 9.23. The number of hydrogen-bond donors (Lipinski definition) is 0. The smallest absolute Gasteiger partial charge is 0.410 e. The number of aromatic nitrogens is 2. The number of methoxy groups -OCH3 is 1. The average molecular weight is 756 g/mol. The zero-order valence-corrected chi connectivity index (χ0v) is 30.6. The first-order valence-corrected chi connectivity index (χ1v) is 18.3. The first-order valence-electron chi connectivity index (χ1n) is 18.3. The molecule has 0 spiro atoms. The molecular formula is C39H42F5N5O5. The maximum Gasteiger partial charge on any atom is 0.410 e. The molecule has 288 valence electrons. The molecule has 4 aromatic rings. The molecule has 0 N–H and O–H groups in total. The fourth-order valence-corrected chi connectivity index (χ4v) is 8.75. The number of benzene rings is 3. The molecule has 1 amide bonds. The maximum absolute atomic E-state index is 17.2. The molecule has 5 fully saturated rings. The van der Waals surface area contributed by atoms with E-state index in [2.05, 4.69) is 9.88 Å². The number of alkyl halides is 1. The lowest BCUT2D eigenvalue weighted by atomic mass is 9.90. The third-order valence-corrected chi connectivity index (χ3v) is 11.1. The Morgan fingerprint density at radius 3 is 2.50 bits per heavy atom. The molecule has 0 saturated carbocycles. The number of nitrogens with zero attached hydrogens (tertiary/aromatic N) is 5. The van der Waals surface area contributed by atoms with Crippen molar-refractivity contribution >= 4 is 33.6 Å². The number of carbonyl (C=O) groups is 1. The molecule has 0 aliphatic carbocycles. The summed E-state index contributed by atoms with van der Waals surface area (Å²) >= 11 is 0. The van der Waals surface area contributed by atoms with E-state index >= 15 is 13.2 Å². The molecule has 6 heterocycles. The average Bonchev–Trinajstić information content (AvgIpc) is 3.66. The Hall–Kier alpha value is -4.50. The molecular weight excluding hydrogens is 713 g/mol. The van der Waals surface area contributed by atoms with Gasteiger partial charge in [0.15, 0.2) is 24.2 Å². The summed E-state index contributed by atoms with van der Waals surface area (Å²) in [6.45, 7) is 6.87. The van der Waals surface area contributed by atoms with Crippen molar-refractivity contribution in [1.82, 2.24) is 19.8 Å². The highest BCUT2D eigenvalue weighted by atomic mass is 19.2. The molecule has 4 atom stereocenters. The molecule has 2 bridgehead atoms. The van der Waals surface area contributed by atoms with Gasteiger partial charge in [-0.25, -0.2) is 26.7 Å². The molecule has 9 rings (SSSR count). The van der Waals surface area contributed by atoms with Crippen molar-refractivity contribution in [3.8, 4) is 22.9 Å². The maximum atomic E-state index is 17.2. The monoisotopic (exact) mass is 755 g/mol. The van der Waals surface area contributed by atoms with E-state index < -0.39 is 52.2 Å². The van der Waals surface area contributed by atoms with E-state index in [0.717, 1.165) is 25.1 Å². The number of piperidine rings is 2. The van der Waals surface area contributed by atoms with E-state index in [1.165, 1.54) is 25.3 Å². The first kappa shape index (κ1) is 36.5. The first-order chi connectivity index (χ1) is 25.7. The van der Waals surface area contributed by atoms with Crippen LogP contribution in [0.4, 0.5) is 32.6 Å². The van der Waals surface area contributed by atoms with Gasteiger partial charge in [-0.15, -0.1) is 0 Å². The van der Waals surface area contributed by atoms with Crippen LogP contribution in [-0.2, 0) is 9.47 Å². The SMILES string of the molecule is COCOc1cc(-c2c(F)cc3c(N4C[C@@H]5CCC4CN5C(=O)OC(C)(C)C)nc(OC[C@@]45CCCN4C[C@H](F)C5)nc3c2F)c2c(F)c(F)ccc2c1. The standard InChI is InChI=1S/C39H42F5N5O5/c1-38(2,3)54-37(50)49-18-23-7-8-24(49)17-48(23)35-27-14-29(42)31(26-13-25(53-20-51-4)12-21-6-9-28(41)32(43)30(21)26)33(44)34(27)45-36(46-35)52-19-39-10-5-11-47(39)16-22(40)15-39/h6,9,12-14,22-24H,5,7-8,10-11,15-20H2,1-4H3/t22-,23?,24+,39+/m1/s1. The van der Waals surface area contributed by atoms with Gasteiger partial charge in [0.25, 0.3) is 0 Å². The molecule has 1 unspecified atom stereocenters. The topological polar surface area (TPSA) is 89.5 Å². The zero-order chi connectivity index (χ0) is 38.1. The molecule has 15 heteroatoms. The van der Waals surface area contributed by atoms with Crippen LogP contribution in [0.5, 0.6) is 11.8 Å². The molecule has 3 aromatic carbocycles. The van der Waals surface area contributed by atoms with Gasteiger partial charge in [-0.3, -0.25) is 4.90 Å². The minimum atomic E-state index is -1.28. The number of rotatable bonds is 8. The van der Waals surface area contributed by atoms with E-state index in [4.69, 9.17) is 23.9 Å². The van der Waals surface area contributed by atoms with Crippen LogP contribution < -0.4 is 14.4 Å². The Morgan fingerprint density at radius 2 is 1.76 bits per heavy atom. The van der Waals surface area contributed by atoms with E-state index in [-0.39, 0.29) is 76.7 Å². The number of carbonyl (C=O) groups excluding carboxylic acids is 1. The number of halogens is 5. The number of piperazine rings is 1. The molecule has 5 aliphatic rings. The zero-order valence-electron chi connectivity index (χ0n) is 30.6. The predicted molar refractivity (Wildman–Crippen MR) is 190 cm³/mol. The molecule has 5 saturated heterocycles. The Bertz CT molecular complexity index is 2130. The van der Waals surface area contributed by atoms with Crippen molar-refractivity contribution < 1.29 is 45.7 Å². The molecule has 1 aromatic heterocycles. The van der Waals surface area contributed by atoms with Gasteiger partial charge in [-0.2, -0.15) is 9.97 Å². The second-order valence-electron chi connectivity index (χ2n) is 15.8. The van der Waals surface area contributed by atoms with Crippen LogP contribution in [0.2, 0.25) is 0 Å². The fourth-order valence-electron chi connectivity index (χ4n) is 8.75. The van der Waals surface area contributed by atoms with Gasteiger partial charge in [0.1, 0.15) is 41.3 Å². The number of fused-ring (bicyclic) bond motifs is 6. The third-order valence-electron chi connectivity index (χ3n) is 11.1. The van der Waals surface area contributed by atoms with E-state index in [9.17, 15) is 13.6 Å². The van der Waals surface area contributed by atoms with E-state index in [0.29, 0.717) is 38.9 Å². The van der Waals surface area contributed by atoms with Crippen LogP contribution in [0.3, 0.4) is 0 Å². The molecule has 5 aliphatic heterocycles.